The molecular formula is C25H50N2O6. The average molecular weight is 475 g/mol. The molecule has 0 rings (SSSR count). The number of carbonyl (C=O) groups is 2. The van der Waals surface area contributed by atoms with Gasteiger partial charge in [0.15, 0.2) is 0 Å². The van der Waals surface area contributed by atoms with E-state index in [1.807, 2.05) is 0 Å². The van der Waals surface area contributed by atoms with Gasteiger partial charge in [0.2, 0.25) is 0 Å². The molecule has 0 spiro atoms. The largest absolute Gasteiger partial charge is 0.443 e. The quantitative estimate of drug-likeness (QED) is 0.305. The molecule has 0 saturated carbocycles. The van der Waals surface area contributed by atoms with Gasteiger partial charge < -0.3 is 24.6 Å². The van der Waals surface area contributed by atoms with Crippen LogP contribution in [0.25, 0.3) is 0 Å². The molecule has 0 unspecified atom stereocenters. The molecule has 0 aliphatic rings. The first kappa shape index (κ1) is 31.6. The first-order valence-electron chi connectivity index (χ1n) is 12.6. The number of hydrogen-bond donors (Lipinski definition) is 2. The van der Waals surface area contributed by atoms with Crippen molar-refractivity contribution in [2.45, 2.75) is 111 Å². The molecule has 0 radical (unpaired) electrons. The van der Waals surface area contributed by atoms with E-state index in [9.17, 15) is 9.59 Å². The summed E-state index contributed by atoms with van der Waals surface area (Å²) in [5, 5.41) is 18.0. The van der Waals surface area contributed by atoms with Gasteiger partial charge in [-0.2, -0.15) is 0 Å². The van der Waals surface area contributed by atoms with Gasteiger partial charge in [0.25, 0.3) is 0 Å². The van der Waals surface area contributed by atoms with E-state index in [4.69, 9.17) is 19.7 Å². The Morgan fingerprint density at radius 3 is 1.27 bits per heavy atom. The number of aliphatic hydroxyl groups excluding tert-OH is 2. The molecule has 0 bridgehead atoms. The molecule has 0 aromatic rings. The van der Waals surface area contributed by atoms with Crippen LogP contribution in [-0.2, 0) is 9.47 Å². The van der Waals surface area contributed by atoms with Crippen molar-refractivity contribution in [1.29, 1.82) is 0 Å². The number of carbonyl (C=O) groups excluding carboxylic acids is 2. The Bertz CT molecular complexity index is 490. The molecule has 2 N–H and O–H groups in total. The van der Waals surface area contributed by atoms with Crippen LogP contribution in [0.4, 0.5) is 9.59 Å². The summed E-state index contributed by atoms with van der Waals surface area (Å²) in [7, 11) is 0. The lowest BCUT2D eigenvalue weighted by Gasteiger charge is -2.28. The number of hydrogen-bond acceptors (Lipinski definition) is 7. The minimum absolute atomic E-state index is 0.230. The van der Waals surface area contributed by atoms with E-state index in [1.165, 1.54) is 0 Å². The molecule has 2 amide bonds. The maximum Gasteiger partial charge on any atom is 0.419 e. The number of rotatable bonds is 16. The van der Waals surface area contributed by atoms with E-state index in [1.54, 1.807) is 41.5 Å². The van der Waals surface area contributed by atoms with Crippen LogP contribution < -0.4 is 0 Å². The topological polar surface area (TPSA) is 99.5 Å². The second-order valence-corrected chi connectivity index (χ2v) is 10.6. The van der Waals surface area contributed by atoms with Crippen LogP contribution in [0.3, 0.4) is 0 Å². The van der Waals surface area contributed by atoms with Crippen molar-refractivity contribution in [3.05, 3.63) is 0 Å². The highest BCUT2D eigenvalue weighted by atomic mass is 16.6. The summed E-state index contributed by atoms with van der Waals surface area (Å²) in [4.78, 5) is 28.5. The third-order valence-corrected chi connectivity index (χ3v) is 4.85. The normalized spacial score (nSPS) is 12.2. The van der Waals surface area contributed by atoms with Crippen LogP contribution in [0.15, 0.2) is 0 Å². The fourth-order valence-electron chi connectivity index (χ4n) is 3.26. The van der Waals surface area contributed by atoms with E-state index < -0.39 is 23.4 Å². The summed E-state index contributed by atoms with van der Waals surface area (Å²) in [6.07, 6.45) is 7.09. The molecule has 0 atom stereocenters. The maximum absolute atomic E-state index is 12.5. The fourth-order valence-corrected chi connectivity index (χ4v) is 3.26. The van der Waals surface area contributed by atoms with Crippen molar-refractivity contribution in [2.75, 3.05) is 39.4 Å². The lowest BCUT2D eigenvalue weighted by Crippen LogP contribution is -2.44. The minimum Gasteiger partial charge on any atom is -0.443 e. The third-order valence-electron chi connectivity index (χ3n) is 4.85. The molecule has 0 fully saturated rings. The number of unbranched alkanes of at least 4 members (excludes halogenated alkanes) is 6. The van der Waals surface area contributed by atoms with Gasteiger partial charge >= 0.3 is 12.2 Å². The number of amides is 2. The zero-order valence-electron chi connectivity index (χ0n) is 22.0. The Morgan fingerprint density at radius 1 is 0.576 bits per heavy atom. The molecule has 8 nitrogen and oxygen atoms in total. The Balaban J connectivity index is 4.43. The standard InChI is InChI=1S/C25H50N2O6/c1-24(2,3)32-22(30)27(23(31)33-25(4,5)6)19-11-9-7-8-10-16-26(17-12-14-20-28)18-13-15-21-29/h28-29H,7-21H2,1-6H3. The SMILES string of the molecule is CC(C)(C)OC(=O)N(CCCCCCCN(CCCCO)CCCCO)C(=O)OC(C)(C)C. The molecule has 196 valence electrons. The van der Waals surface area contributed by atoms with Crippen molar-refractivity contribution in [3.8, 4) is 0 Å². The third kappa shape index (κ3) is 18.7. The van der Waals surface area contributed by atoms with Crippen molar-refractivity contribution in [2.24, 2.45) is 0 Å². The van der Waals surface area contributed by atoms with Gasteiger partial charge in [-0.1, -0.05) is 19.3 Å². The number of aliphatic hydroxyl groups is 2. The molecule has 0 aliphatic carbocycles. The summed E-state index contributed by atoms with van der Waals surface area (Å²) in [5.74, 6) is 0. The highest BCUT2D eigenvalue weighted by Gasteiger charge is 2.30. The van der Waals surface area contributed by atoms with Gasteiger partial charge in [-0.3, -0.25) is 0 Å². The van der Waals surface area contributed by atoms with Gasteiger partial charge in [-0.25, -0.2) is 14.5 Å². The van der Waals surface area contributed by atoms with E-state index in [-0.39, 0.29) is 19.8 Å². The molecule has 0 aromatic carbocycles. The van der Waals surface area contributed by atoms with E-state index in [2.05, 4.69) is 4.90 Å². The van der Waals surface area contributed by atoms with Crippen LogP contribution in [-0.4, -0.2) is 82.8 Å². The second-order valence-electron chi connectivity index (χ2n) is 10.6. The molecule has 0 aliphatic heterocycles. The van der Waals surface area contributed by atoms with E-state index in [0.717, 1.165) is 75.9 Å². The molecule has 0 saturated heterocycles. The number of ether oxygens (including phenoxy) is 2. The molecule has 0 heterocycles. The van der Waals surface area contributed by atoms with Crippen LogP contribution in [0.2, 0.25) is 0 Å². The lowest BCUT2D eigenvalue weighted by atomic mass is 10.1. The Hall–Kier alpha value is -1.38. The Kier molecular flexibility index (Phi) is 16.4. The Labute approximate surface area is 201 Å². The van der Waals surface area contributed by atoms with Crippen LogP contribution in [0.5, 0.6) is 0 Å². The first-order valence-corrected chi connectivity index (χ1v) is 12.6. The van der Waals surface area contributed by atoms with Crippen molar-refractivity contribution in [1.82, 2.24) is 9.80 Å². The summed E-state index contributed by atoms with van der Waals surface area (Å²) in [5.41, 5.74) is -1.37. The lowest BCUT2D eigenvalue weighted by molar-refractivity contribution is 0.00117. The average Bonchev–Trinajstić information content (AvgIpc) is 2.67. The maximum atomic E-state index is 12.5. The fraction of sp³-hybridized carbons (Fsp3) is 0.920. The molecule has 8 heteroatoms. The Morgan fingerprint density at radius 2 is 0.909 bits per heavy atom. The van der Waals surface area contributed by atoms with Gasteiger partial charge in [-0.15, -0.1) is 0 Å². The molecule has 0 aromatic heterocycles. The van der Waals surface area contributed by atoms with E-state index >= 15 is 0 Å². The van der Waals surface area contributed by atoms with Gasteiger partial charge in [0.05, 0.1) is 0 Å². The molecular weight excluding hydrogens is 424 g/mol. The van der Waals surface area contributed by atoms with Gasteiger partial charge in [0, 0.05) is 19.8 Å². The predicted molar refractivity (Wildman–Crippen MR) is 131 cm³/mol. The summed E-state index contributed by atoms with van der Waals surface area (Å²) < 4.78 is 10.8. The first-order chi connectivity index (χ1) is 15.4. The highest BCUT2D eigenvalue weighted by Crippen LogP contribution is 2.16. The smallest absolute Gasteiger partial charge is 0.419 e. The number of nitrogens with zero attached hydrogens (tertiary/aromatic N) is 2. The zero-order valence-corrected chi connectivity index (χ0v) is 22.0. The second kappa shape index (κ2) is 17.1. The zero-order chi connectivity index (χ0) is 25.3. The minimum atomic E-state index is -0.683. The van der Waals surface area contributed by atoms with Crippen molar-refractivity contribution in [3.63, 3.8) is 0 Å². The number of imide groups is 1. The van der Waals surface area contributed by atoms with Crippen LogP contribution in [0.1, 0.15) is 99.3 Å². The predicted octanol–water partition coefficient (Wildman–Crippen LogP) is 4.96. The van der Waals surface area contributed by atoms with E-state index in [0.29, 0.717) is 6.42 Å². The highest BCUT2D eigenvalue weighted by molar-refractivity contribution is 5.88. The molecule has 33 heavy (non-hydrogen) atoms. The van der Waals surface area contributed by atoms with Crippen molar-refractivity contribution < 1.29 is 29.3 Å². The summed E-state index contributed by atoms with van der Waals surface area (Å²) in [6.45, 7) is 14.3. The van der Waals surface area contributed by atoms with Crippen LogP contribution >= 0.6 is 0 Å². The van der Waals surface area contributed by atoms with Gasteiger partial charge in [-0.05, 0) is 99.7 Å². The van der Waals surface area contributed by atoms with Crippen molar-refractivity contribution >= 4 is 12.2 Å². The summed E-state index contributed by atoms with van der Waals surface area (Å²) in [6, 6.07) is 0. The van der Waals surface area contributed by atoms with Gasteiger partial charge in [0.1, 0.15) is 11.2 Å². The monoisotopic (exact) mass is 474 g/mol. The summed E-state index contributed by atoms with van der Waals surface area (Å²) >= 11 is 0. The van der Waals surface area contributed by atoms with Crippen LogP contribution in [0, 0.1) is 0 Å².